The third-order valence-corrected chi connectivity index (χ3v) is 7.74. The van der Waals surface area contributed by atoms with Crippen molar-refractivity contribution >= 4 is 67.3 Å². The molecule has 1 N–H and O–H groups in total. The molecule has 0 saturated heterocycles. The normalized spacial score (nSPS) is 13.1. The fourth-order valence-corrected chi connectivity index (χ4v) is 6.17. The van der Waals surface area contributed by atoms with Gasteiger partial charge in [-0.2, -0.15) is 0 Å². The summed E-state index contributed by atoms with van der Waals surface area (Å²) < 4.78 is 10.9. The molecule has 10 heteroatoms. The molecule has 1 aromatic carbocycles. The van der Waals surface area contributed by atoms with Crippen LogP contribution in [0.25, 0.3) is 10.1 Å². The number of nitrogens with one attached hydrogen (secondary N) is 1. The third kappa shape index (κ3) is 4.00. The van der Waals surface area contributed by atoms with Crippen LogP contribution in [0.4, 0.5) is 9.80 Å². The van der Waals surface area contributed by atoms with E-state index in [1.165, 1.54) is 29.8 Å². The molecule has 4 rings (SSSR count). The number of carbonyl (C=O) groups excluding carboxylic acids is 3. The second-order valence-electron chi connectivity index (χ2n) is 6.77. The lowest BCUT2D eigenvalue weighted by Gasteiger charge is -2.25. The third-order valence-electron chi connectivity index (χ3n) is 4.94. The standard InChI is InChI=1S/C21H19ClN2O5S2/c1-3-29-20(26)15-11-8-9-24(21(27)28-2)10-14(11)31-19(15)23-18(25)17-16(22)12-6-4-5-7-13(12)30-17/h4-7H,3,8-10H2,1-2H3,(H,23,25). The van der Waals surface area contributed by atoms with Gasteiger partial charge in [0, 0.05) is 21.5 Å². The summed E-state index contributed by atoms with van der Waals surface area (Å²) in [6.07, 6.45) is 0.0357. The highest BCUT2D eigenvalue weighted by Crippen LogP contribution is 2.40. The van der Waals surface area contributed by atoms with E-state index >= 15 is 0 Å². The van der Waals surface area contributed by atoms with Gasteiger partial charge in [0.2, 0.25) is 0 Å². The van der Waals surface area contributed by atoms with Crippen LogP contribution in [0.1, 0.15) is 37.4 Å². The van der Waals surface area contributed by atoms with Crippen LogP contribution < -0.4 is 5.32 Å². The number of hydrogen-bond donors (Lipinski definition) is 1. The van der Waals surface area contributed by atoms with Gasteiger partial charge < -0.3 is 19.7 Å². The van der Waals surface area contributed by atoms with E-state index in [1.54, 1.807) is 11.8 Å². The van der Waals surface area contributed by atoms with Gasteiger partial charge in [-0.15, -0.1) is 22.7 Å². The van der Waals surface area contributed by atoms with Crippen LogP contribution >= 0.6 is 34.3 Å². The molecule has 1 aliphatic heterocycles. The van der Waals surface area contributed by atoms with E-state index in [0.717, 1.165) is 20.5 Å². The number of amides is 2. The van der Waals surface area contributed by atoms with Gasteiger partial charge >= 0.3 is 12.1 Å². The van der Waals surface area contributed by atoms with Gasteiger partial charge in [0.25, 0.3) is 5.91 Å². The molecule has 31 heavy (non-hydrogen) atoms. The summed E-state index contributed by atoms with van der Waals surface area (Å²) >= 11 is 9.00. The predicted molar refractivity (Wildman–Crippen MR) is 122 cm³/mol. The lowest BCUT2D eigenvalue weighted by Crippen LogP contribution is -2.35. The lowest BCUT2D eigenvalue weighted by atomic mass is 10.0. The van der Waals surface area contributed by atoms with Crippen molar-refractivity contribution < 1.29 is 23.9 Å². The molecule has 2 amide bonds. The number of thiophene rings is 2. The Hall–Kier alpha value is -2.62. The molecule has 162 valence electrons. The molecule has 1 aliphatic rings. The van der Waals surface area contributed by atoms with Gasteiger partial charge in [-0.1, -0.05) is 29.8 Å². The molecule has 0 spiro atoms. The highest BCUT2D eigenvalue weighted by atomic mass is 35.5. The summed E-state index contributed by atoms with van der Waals surface area (Å²) in [6, 6.07) is 7.51. The van der Waals surface area contributed by atoms with Crippen LogP contribution in [-0.4, -0.2) is 43.1 Å². The first kappa shape index (κ1) is 21.6. The minimum atomic E-state index is -0.496. The first-order chi connectivity index (χ1) is 14.9. The van der Waals surface area contributed by atoms with E-state index in [4.69, 9.17) is 21.1 Å². The Morgan fingerprint density at radius 3 is 2.71 bits per heavy atom. The SMILES string of the molecule is CCOC(=O)c1c(NC(=O)c2sc3ccccc3c2Cl)sc2c1CCN(C(=O)OC)C2. The fraction of sp³-hybridized carbons (Fsp3) is 0.286. The van der Waals surface area contributed by atoms with E-state index < -0.39 is 12.1 Å². The van der Waals surface area contributed by atoms with Crippen LogP contribution in [0.3, 0.4) is 0 Å². The number of carbonyl (C=O) groups is 3. The molecule has 0 aliphatic carbocycles. The maximum absolute atomic E-state index is 13.1. The fourth-order valence-electron chi connectivity index (χ4n) is 3.52. The Balaban J connectivity index is 1.69. The summed E-state index contributed by atoms with van der Waals surface area (Å²) in [5.74, 6) is -0.885. The van der Waals surface area contributed by atoms with Gasteiger partial charge in [0.05, 0.1) is 30.8 Å². The minimum absolute atomic E-state index is 0.216. The second-order valence-corrected chi connectivity index (χ2v) is 9.30. The zero-order valence-corrected chi connectivity index (χ0v) is 19.2. The summed E-state index contributed by atoms with van der Waals surface area (Å²) in [5.41, 5.74) is 1.14. The van der Waals surface area contributed by atoms with E-state index in [0.29, 0.717) is 40.0 Å². The Labute approximate surface area is 191 Å². The van der Waals surface area contributed by atoms with Gasteiger partial charge in [-0.25, -0.2) is 9.59 Å². The Morgan fingerprint density at radius 2 is 2.00 bits per heavy atom. The number of fused-ring (bicyclic) bond motifs is 2. The summed E-state index contributed by atoms with van der Waals surface area (Å²) in [4.78, 5) is 40.4. The number of methoxy groups -OCH3 is 1. The first-order valence-corrected chi connectivity index (χ1v) is 11.6. The Bertz CT molecular complexity index is 1190. The molecule has 2 aromatic heterocycles. The quantitative estimate of drug-likeness (QED) is 0.523. The van der Waals surface area contributed by atoms with Crippen molar-refractivity contribution in [1.29, 1.82) is 0 Å². The van der Waals surface area contributed by atoms with Crippen molar-refractivity contribution in [3.05, 3.63) is 50.2 Å². The van der Waals surface area contributed by atoms with Crippen LogP contribution in [0, 0.1) is 0 Å². The number of esters is 1. The molecular weight excluding hydrogens is 460 g/mol. The smallest absolute Gasteiger partial charge is 0.409 e. The molecule has 0 saturated carbocycles. The average Bonchev–Trinajstić information content (AvgIpc) is 3.30. The number of nitrogens with zero attached hydrogens (tertiary/aromatic N) is 1. The zero-order valence-electron chi connectivity index (χ0n) is 16.8. The van der Waals surface area contributed by atoms with Gasteiger partial charge in [0.1, 0.15) is 9.88 Å². The van der Waals surface area contributed by atoms with Crippen LogP contribution in [0.2, 0.25) is 5.02 Å². The Morgan fingerprint density at radius 1 is 1.23 bits per heavy atom. The van der Waals surface area contributed by atoms with E-state index in [9.17, 15) is 14.4 Å². The van der Waals surface area contributed by atoms with Crippen molar-refractivity contribution in [1.82, 2.24) is 4.90 Å². The molecular formula is C21H19ClN2O5S2. The van der Waals surface area contributed by atoms with Crippen LogP contribution in [-0.2, 0) is 22.4 Å². The van der Waals surface area contributed by atoms with Crippen LogP contribution in [0.15, 0.2) is 24.3 Å². The summed E-state index contributed by atoms with van der Waals surface area (Å²) in [7, 11) is 1.33. The molecule has 0 fully saturated rings. The number of ether oxygens (including phenoxy) is 2. The molecule has 0 bridgehead atoms. The van der Waals surface area contributed by atoms with Gasteiger partial charge in [-0.05, 0) is 25.0 Å². The van der Waals surface area contributed by atoms with Gasteiger partial charge in [-0.3, -0.25) is 4.79 Å². The predicted octanol–water partition coefficient (Wildman–Crippen LogP) is 5.17. The molecule has 3 heterocycles. The summed E-state index contributed by atoms with van der Waals surface area (Å²) in [6.45, 7) is 2.66. The monoisotopic (exact) mass is 478 g/mol. The molecule has 0 unspecified atom stereocenters. The highest BCUT2D eigenvalue weighted by Gasteiger charge is 2.32. The summed E-state index contributed by atoms with van der Waals surface area (Å²) in [5, 5.41) is 4.44. The number of hydrogen-bond acceptors (Lipinski definition) is 7. The van der Waals surface area contributed by atoms with Crippen molar-refractivity contribution in [2.24, 2.45) is 0 Å². The maximum atomic E-state index is 13.1. The lowest BCUT2D eigenvalue weighted by molar-refractivity contribution is 0.0526. The number of anilines is 1. The van der Waals surface area contributed by atoms with E-state index in [2.05, 4.69) is 5.32 Å². The zero-order chi connectivity index (χ0) is 22.1. The van der Waals surface area contributed by atoms with Crippen LogP contribution in [0.5, 0.6) is 0 Å². The van der Waals surface area contributed by atoms with E-state index in [-0.39, 0.29) is 12.5 Å². The molecule has 0 radical (unpaired) electrons. The average molecular weight is 479 g/mol. The number of halogens is 1. The highest BCUT2D eigenvalue weighted by molar-refractivity contribution is 7.22. The second kappa shape index (κ2) is 8.86. The number of rotatable bonds is 4. The maximum Gasteiger partial charge on any atom is 0.409 e. The topological polar surface area (TPSA) is 84.9 Å². The van der Waals surface area contributed by atoms with Crippen molar-refractivity contribution in [2.75, 3.05) is 25.6 Å². The minimum Gasteiger partial charge on any atom is -0.462 e. The van der Waals surface area contributed by atoms with Gasteiger partial charge in [0.15, 0.2) is 0 Å². The van der Waals surface area contributed by atoms with Crippen molar-refractivity contribution in [3.8, 4) is 0 Å². The van der Waals surface area contributed by atoms with Crippen molar-refractivity contribution in [3.63, 3.8) is 0 Å². The van der Waals surface area contributed by atoms with Crippen molar-refractivity contribution in [2.45, 2.75) is 19.9 Å². The largest absolute Gasteiger partial charge is 0.462 e. The van der Waals surface area contributed by atoms with E-state index in [1.807, 2.05) is 24.3 Å². The first-order valence-electron chi connectivity index (χ1n) is 9.57. The molecule has 7 nitrogen and oxygen atoms in total. The number of benzene rings is 1. The molecule has 3 aromatic rings. The molecule has 0 atom stereocenters. The Kier molecular flexibility index (Phi) is 6.17.